The topological polar surface area (TPSA) is 108 Å². The molecular formula is C12H12F3N5O3S. The average Bonchev–Trinajstić information content (AvgIpc) is 2.95. The Balaban J connectivity index is 2.28. The molecule has 0 fully saturated rings. The monoisotopic (exact) mass is 363 g/mol. The van der Waals surface area contributed by atoms with Crippen LogP contribution >= 0.6 is 0 Å². The predicted octanol–water partition coefficient (Wildman–Crippen LogP) is 1.23. The van der Waals surface area contributed by atoms with Crippen molar-refractivity contribution in [2.45, 2.75) is 6.18 Å². The number of amides is 1. The van der Waals surface area contributed by atoms with Crippen molar-refractivity contribution in [1.82, 2.24) is 15.2 Å². The number of nitrogens with zero attached hydrogens (tertiary/aromatic N) is 3. The molecule has 0 radical (unpaired) electrons. The number of nitrogens with one attached hydrogen (secondary N) is 2. The quantitative estimate of drug-likeness (QED) is 0.831. The van der Waals surface area contributed by atoms with Gasteiger partial charge < -0.3 is 0 Å². The van der Waals surface area contributed by atoms with Crippen molar-refractivity contribution in [3.05, 3.63) is 36.2 Å². The third-order valence-electron chi connectivity index (χ3n) is 2.82. The number of H-pyrrole nitrogens is 1. The summed E-state index contributed by atoms with van der Waals surface area (Å²) in [6, 6.07) is 3.68. The van der Waals surface area contributed by atoms with E-state index in [2.05, 4.69) is 20.5 Å². The number of anilines is 2. The highest BCUT2D eigenvalue weighted by atomic mass is 32.2. The molecule has 1 aromatic heterocycles. The van der Waals surface area contributed by atoms with Crippen LogP contribution in [0.4, 0.5) is 24.8 Å². The maximum absolute atomic E-state index is 12.8. The van der Waals surface area contributed by atoms with Crippen LogP contribution in [0.25, 0.3) is 0 Å². The van der Waals surface area contributed by atoms with Crippen LogP contribution in [0.3, 0.4) is 0 Å². The Bertz CT molecular complexity index is 821. The number of halogens is 3. The summed E-state index contributed by atoms with van der Waals surface area (Å²) in [5, 5.41) is 8.07. The summed E-state index contributed by atoms with van der Waals surface area (Å²) in [4.78, 5) is 15.5. The molecule has 24 heavy (non-hydrogen) atoms. The Labute approximate surface area is 134 Å². The van der Waals surface area contributed by atoms with Crippen LogP contribution in [0.5, 0.6) is 0 Å². The summed E-state index contributed by atoms with van der Waals surface area (Å²) < 4.78 is 62.6. The number of benzene rings is 1. The van der Waals surface area contributed by atoms with E-state index in [4.69, 9.17) is 0 Å². The molecule has 130 valence electrons. The number of sulfonamides is 1. The molecule has 0 unspecified atom stereocenters. The summed E-state index contributed by atoms with van der Waals surface area (Å²) in [6.45, 7) is -0.721. The van der Waals surface area contributed by atoms with Crippen molar-refractivity contribution in [1.29, 1.82) is 0 Å². The Morgan fingerprint density at radius 2 is 2.08 bits per heavy atom. The van der Waals surface area contributed by atoms with Gasteiger partial charge in [-0.15, -0.1) is 0 Å². The number of rotatable bonds is 5. The lowest BCUT2D eigenvalue weighted by atomic mass is 10.2. The minimum Gasteiger partial charge on any atom is -0.293 e. The summed E-state index contributed by atoms with van der Waals surface area (Å²) in [5.74, 6) is -0.813. The van der Waals surface area contributed by atoms with E-state index in [1.54, 1.807) is 0 Å². The van der Waals surface area contributed by atoms with E-state index in [1.807, 2.05) is 0 Å². The van der Waals surface area contributed by atoms with Crippen molar-refractivity contribution in [2.75, 3.05) is 22.4 Å². The molecule has 1 aromatic carbocycles. The molecule has 0 aliphatic carbocycles. The zero-order valence-electron chi connectivity index (χ0n) is 12.2. The Hall–Kier alpha value is -2.63. The van der Waals surface area contributed by atoms with Crippen molar-refractivity contribution < 1.29 is 26.4 Å². The molecule has 0 spiro atoms. The minimum absolute atomic E-state index is 0.0162. The van der Waals surface area contributed by atoms with Crippen LogP contribution in [-0.4, -0.2) is 42.3 Å². The van der Waals surface area contributed by atoms with Crippen LogP contribution in [0.1, 0.15) is 5.56 Å². The standard InChI is InChI=1S/C12H12F3N5O3S/c1-24(22,23)20(6-10(21)18-11-16-7-17-19-11)9-4-2-3-8(5-9)12(13,14)15/h2-5,7H,6H2,1H3,(H2,16,17,18,19,21). The summed E-state index contributed by atoms with van der Waals surface area (Å²) in [6.07, 6.45) is -2.73. The van der Waals surface area contributed by atoms with E-state index in [0.717, 1.165) is 30.8 Å². The molecule has 0 saturated carbocycles. The molecule has 1 heterocycles. The number of alkyl halides is 3. The molecule has 2 aromatic rings. The SMILES string of the molecule is CS(=O)(=O)N(CC(=O)Nc1ncn[nH]1)c1cccc(C(F)(F)F)c1. The van der Waals surface area contributed by atoms with Crippen LogP contribution in [-0.2, 0) is 21.0 Å². The van der Waals surface area contributed by atoms with Crippen molar-refractivity contribution in [2.24, 2.45) is 0 Å². The first-order chi connectivity index (χ1) is 11.1. The summed E-state index contributed by atoms with van der Waals surface area (Å²) >= 11 is 0. The molecular weight excluding hydrogens is 351 g/mol. The first kappa shape index (κ1) is 17.7. The molecule has 2 rings (SSSR count). The van der Waals surface area contributed by atoms with Gasteiger partial charge in [0.05, 0.1) is 17.5 Å². The van der Waals surface area contributed by atoms with Gasteiger partial charge in [0, 0.05) is 0 Å². The first-order valence-electron chi connectivity index (χ1n) is 6.37. The fraction of sp³-hybridized carbons (Fsp3) is 0.250. The first-order valence-corrected chi connectivity index (χ1v) is 8.22. The molecule has 2 N–H and O–H groups in total. The lowest BCUT2D eigenvalue weighted by Gasteiger charge is -2.22. The van der Waals surface area contributed by atoms with E-state index in [9.17, 15) is 26.4 Å². The number of carbonyl (C=O) groups excluding carboxylic acids is 1. The van der Waals surface area contributed by atoms with E-state index in [0.29, 0.717) is 10.4 Å². The minimum atomic E-state index is -4.64. The van der Waals surface area contributed by atoms with Gasteiger partial charge in [0.25, 0.3) is 0 Å². The molecule has 0 bridgehead atoms. The lowest BCUT2D eigenvalue weighted by Crippen LogP contribution is -2.37. The number of carbonyl (C=O) groups is 1. The average molecular weight is 363 g/mol. The van der Waals surface area contributed by atoms with Crippen LogP contribution in [0.15, 0.2) is 30.6 Å². The maximum atomic E-state index is 12.8. The molecule has 1 amide bonds. The molecule has 0 aliphatic rings. The summed E-state index contributed by atoms with van der Waals surface area (Å²) in [5.41, 5.74) is -1.30. The molecule has 8 nitrogen and oxygen atoms in total. The highest BCUT2D eigenvalue weighted by Gasteiger charge is 2.32. The fourth-order valence-electron chi connectivity index (χ4n) is 1.81. The van der Waals surface area contributed by atoms with Crippen LogP contribution < -0.4 is 9.62 Å². The van der Waals surface area contributed by atoms with Gasteiger partial charge in [-0.1, -0.05) is 6.07 Å². The number of aromatic nitrogens is 3. The van der Waals surface area contributed by atoms with E-state index in [-0.39, 0.29) is 11.6 Å². The normalized spacial score (nSPS) is 12.0. The van der Waals surface area contributed by atoms with Crippen molar-refractivity contribution in [3.63, 3.8) is 0 Å². The zero-order chi connectivity index (χ0) is 18.0. The third-order valence-corrected chi connectivity index (χ3v) is 3.96. The van der Waals surface area contributed by atoms with Gasteiger partial charge >= 0.3 is 6.18 Å². The maximum Gasteiger partial charge on any atom is 0.416 e. The highest BCUT2D eigenvalue weighted by Crippen LogP contribution is 2.32. The van der Waals surface area contributed by atoms with Gasteiger partial charge in [-0.25, -0.2) is 13.5 Å². The fourth-order valence-corrected chi connectivity index (χ4v) is 2.65. The van der Waals surface area contributed by atoms with Crippen molar-refractivity contribution >= 4 is 27.6 Å². The molecule has 0 atom stereocenters. The predicted molar refractivity (Wildman–Crippen MR) is 78.6 cm³/mol. The Morgan fingerprint density at radius 1 is 1.38 bits per heavy atom. The van der Waals surface area contributed by atoms with Gasteiger partial charge in [-0.2, -0.15) is 23.3 Å². The van der Waals surface area contributed by atoms with Crippen molar-refractivity contribution in [3.8, 4) is 0 Å². The second kappa shape index (κ2) is 6.47. The highest BCUT2D eigenvalue weighted by molar-refractivity contribution is 7.92. The molecule has 0 aliphatic heterocycles. The smallest absolute Gasteiger partial charge is 0.293 e. The zero-order valence-corrected chi connectivity index (χ0v) is 13.0. The van der Waals surface area contributed by atoms with Gasteiger partial charge in [-0.05, 0) is 18.2 Å². The second-order valence-corrected chi connectivity index (χ2v) is 6.61. The lowest BCUT2D eigenvalue weighted by molar-refractivity contribution is -0.137. The van der Waals surface area contributed by atoms with Gasteiger partial charge in [-0.3, -0.25) is 14.4 Å². The number of hydrogen-bond acceptors (Lipinski definition) is 5. The van der Waals surface area contributed by atoms with Gasteiger partial charge in [0.2, 0.25) is 21.9 Å². The van der Waals surface area contributed by atoms with Crippen LogP contribution in [0, 0.1) is 0 Å². The molecule has 0 saturated heterocycles. The summed E-state index contributed by atoms with van der Waals surface area (Å²) in [7, 11) is -4.00. The van der Waals surface area contributed by atoms with Gasteiger partial charge in [0.15, 0.2) is 0 Å². The van der Waals surface area contributed by atoms with E-state index in [1.165, 1.54) is 0 Å². The van der Waals surface area contributed by atoms with E-state index >= 15 is 0 Å². The largest absolute Gasteiger partial charge is 0.416 e. The third kappa shape index (κ3) is 4.44. The molecule has 12 heteroatoms. The van der Waals surface area contributed by atoms with Gasteiger partial charge in [0.1, 0.15) is 12.9 Å². The Morgan fingerprint density at radius 3 is 2.62 bits per heavy atom. The number of hydrogen-bond donors (Lipinski definition) is 2. The van der Waals surface area contributed by atoms with Crippen LogP contribution in [0.2, 0.25) is 0 Å². The second-order valence-electron chi connectivity index (χ2n) is 4.70. The van der Waals surface area contributed by atoms with E-state index < -0.39 is 34.2 Å². The Kier molecular flexibility index (Phi) is 4.78. The number of aromatic amines is 1.